The Morgan fingerprint density at radius 3 is 2.92 bits per heavy atom. The number of aromatic nitrogens is 3. The van der Waals surface area contributed by atoms with E-state index in [1.54, 1.807) is 6.20 Å². The van der Waals surface area contributed by atoms with Crippen LogP contribution in [0.25, 0.3) is 27.8 Å². The standard InChI is InChI=1S/C18H17N3O.Ag.HI/c1-2-3-10-20-11-12-21(13-20)16-8-4-6-14-15-7-5-9-19-18(15)22-17(14)16;;/h4-9,11-12H,2-3,10H2,1H3;;1H/q;+1;/p-1. The summed E-state index contributed by atoms with van der Waals surface area (Å²) in [5.41, 5.74) is 2.52. The molecule has 4 aromatic rings. The number of furan rings is 1. The van der Waals surface area contributed by atoms with E-state index in [4.69, 9.17) is 4.42 Å². The molecule has 4 nitrogen and oxygen atoms in total. The van der Waals surface area contributed by atoms with Gasteiger partial charge >= 0.3 is 36.3 Å². The van der Waals surface area contributed by atoms with Gasteiger partial charge in [-0.3, -0.25) is 0 Å². The summed E-state index contributed by atoms with van der Waals surface area (Å²) in [4.78, 5) is 4.31. The maximum absolute atomic E-state index is 5.97. The van der Waals surface area contributed by atoms with Gasteiger partial charge in [0.25, 0.3) is 0 Å². The first-order chi connectivity index (χ1) is 11.9. The topological polar surface area (TPSA) is 34.8 Å². The average Bonchev–Trinajstić information content (AvgIpc) is 3.26. The van der Waals surface area contributed by atoms with Crippen LogP contribution in [0.4, 0.5) is 0 Å². The van der Waals surface area contributed by atoms with Crippen molar-refractivity contribution >= 4 is 41.1 Å². The van der Waals surface area contributed by atoms with Crippen molar-refractivity contribution in [3.63, 3.8) is 0 Å². The number of hydrogen-bond acceptors (Lipinski definition) is 2. The molecule has 1 aromatic carbocycles. The summed E-state index contributed by atoms with van der Waals surface area (Å²) >= 11 is 4.88. The summed E-state index contributed by atoms with van der Waals surface area (Å²) in [6, 6.07) is 10.1. The zero-order valence-electron chi connectivity index (χ0n) is 13.2. The second-order valence-electron chi connectivity index (χ2n) is 5.43. The van der Waals surface area contributed by atoms with E-state index in [9.17, 15) is 0 Å². The van der Waals surface area contributed by atoms with Crippen molar-refractivity contribution in [1.82, 2.24) is 9.55 Å². The molecule has 0 bridgehead atoms. The Balaban J connectivity index is 0.000000815. The summed E-state index contributed by atoms with van der Waals surface area (Å²) in [6.45, 7) is 3.18. The van der Waals surface area contributed by atoms with E-state index in [1.165, 1.54) is 6.42 Å². The van der Waals surface area contributed by atoms with E-state index in [-0.39, 0.29) is 0 Å². The molecule has 128 valence electrons. The number of halogens is 1. The predicted molar refractivity (Wildman–Crippen MR) is 98.8 cm³/mol. The van der Waals surface area contributed by atoms with Crippen LogP contribution in [0.2, 0.25) is 0 Å². The Morgan fingerprint density at radius 2 is 2.08 bits per heavy atom. The molecule has 24 heavy (non-hydrogen) atoms. The van der Waals surface area contributed by atoms with E-state index >= 15 is 0 Å². The van der Waals surface area contributed by atoms with Gasteiger partial charge in [0.15, 0.2) is 0 Å². The van der Waals surface area contributed by atoms with Gasteiger partial charge in [0.2, 0.25) is 12.0 Å². The van der Waals surface area contributed by atoms with Crippen LogP contribution in [0.3, 0.4) is 0 Å². The SMILES string of the molecule is CCCC[n+]1[c-]n(-c2cccc3c2oc2ncccc23)cc1.[Ag][I]. The Morgan fingerprint density at radius 1 is 1.25 bits per heavy atom. The van der Waals surface area contributed by atoms with Gasteiger partial charge in [-0.05, 0) is 18.6 Å². The molecule has 0 radical (unpaired) electrons. The third-order valence-corrected chi connectivity index (χ3v) is 3.90. The van der Waals surface area contributed by atoms with E-state index in [0.717, 1.165) is 35.0 Å². The molecular weight excluding hydrogens is 509 g/mol. The van der Waals surface area contributed by atoms with Crippen LogP contribution in [0.15, 0.2) is 53.3 Å². The van der Waals surface area contributed by atoms with Crippen molar-refractivity contribution in [2.45, 2.75) is 26.3 Å². The van der Waals surface area contributed by atoms with Crippen molar-refractivity contribution in [1.29, 1.82) is 0 Å². The van der Waals surface area contributed by atoms with Gasteiger partial charge in [0, 0.05) is 29.4 Å². The number of rotatable bonds is 4. The van der Waals surface area contributed by atoms with Crippen LogP contribution in [0, 0.1) is 6.33 Å². The molecule has 0 atom stereocenters. The molecule has 4 rings (SSSR count). The first kappa shape index (κ1) is 17.7. The zero-order valence-corrected chi connectivity index (χ0v) is 16.8. The summed E-state index contributed by atoms with van der Waals surface area (Å²) in [7, 11) is 0. The molecule has 0 saturated heterocycles. The minimum atomic E-state index is 0.677. The summed E-state index contributed by atoms with van der Waals surface area (Å²) in [5, 5.41) is 2.13. The molecule has 0 aliphatic carbocycles. The monoisotopic (exact) mass is 525 g/mol. The van der Waals surface area contributed by atoms with Crippen molar-refractivity contribution in [2.75, 3.05) is 0 Å². The number of hydrogen-bond donors (Lipinski definition) is 0. The first-order valence-electron chi connectivity index (χ1n) is 7.75. The fourth-order valence-electron chi connectivity index (χ4n) is 2.75. The van der Waals surface area contributed by atoms with Gasteiger partial charge < -0.3 is 13.6 Å². The number of nitrogens with zero attached hydrogens (tertiary/aromatic N) is 3. The molecule has 3 heterocycles. The van der Waals surface area contributed by atoms with Gasteiger partial charge in [-0.15, -0.1) is 0 Å². The quantitative estimate of drug-likeness (QED) is 0.170. The number of para-hydroxylation sites is 1. The Bertz CT molecular complexity index is 948. The fraction of sp³-hybridized carbons (Fsp3) is 0.222. The van der Waals surface area contributed by atoms with Crippen LogP contribution >= 0.6 is 19.0 Å². The summed E-state index contributed by atoms with van der Waals surface area (Å²) in [6.07, 6.45) is 11.5. The molecule has 0 fully saturated rings. The van der Waals surface area contributed by atoms with Gasteiger partial charge in [-0.1, -0.05) is 31.5 Å². The van der Waals surface area contributed by atoms with Gasteiger partial charge in [-0.25, -0.2) is 4.98 Å². The zero-order chi connectivity index (χ0) is 16.9. The Hall–Kier alpha value is -1.15. The maximum atomic E-state index is 5.97. The number of imidazole rings is 1. The molecule has 0 N–H and O–H groups in total. The number of pyridine rings is 1. The van der Waals surface area contributed by atoms with Crippen LogP contribution in [-0.2, 0) is 23.8 Å². The molecule has 0 saturated carbocycles. The van der Waals surface area contributed by atoms with Crippen molar-refractivity contribution in [3.05, 3.63) is 55.2 Å². The van der Waals surface area contributed by atoms with Gasteiger partial charge in [0.1, 0.15) is 5.58 Å². The van der Waals surface area contributed by atoms with Crippen molar-refractivity contribution in [3.8, 4) is 5.69 Å². The average molecular weight is 526 g/mol. The molecule has 0 spiro atoms. The first-order valence-corrected chi connectivity index (χ1v) is 12.2. The molecule has 6 heteroatoms. The fourth-order valence-corrected chi connectivity index (χ4v) is 2.75. The van der Waals surface area contributed by atoms with E-state index in [1.807, 2.05) is 54.1 Å². The molecule has 0 aliphatic rings. The molecular formula is C18H17AgIN3O. The number of benzene rings is 1. The van der Waals surface area contributed by atoms with E-state index in [2.05, 4.69) is 52.3 Å². The van der Waals surface area contributed by atoms with E-state index in [0.29, 0.717) is 5.71 Å². The van der Waals surface area contributed by atoms with E-state index < -0.39 is 0 Å². The second kappa shape index (κ2) is 8.29. The van der Waals surface area contributed by atoms with Crippen LogP contribution in [0.1, 0.15) is 19.8 Å². The predicted octanol–water partition coefficient (Wildman–Crippen LogP) is 4.54. The minimum absolute atomic E-state index is 0.677. The molecule has 0 amide bonds. The third kappa shape index (κ3) is 3.44. The summed E-state index contributed by atoms with van der Waals surface area (Å²) < 4.78 is 10.0. The van der Waals surface area contributed by atoms with Crippen LogP contribution < -0.4 is 4.57 Å². The van der Waals surface area contributed by atoms with Crippen molar-refractivity contribution in [2.24, 2.45) is 0 Å². The van der Waals surface area contributed by atoms with Crippen molar-refractivity contribution < 1.29 is 26.2 Å². The second-order valence-corrected chi connectivity index (χ2v) is 5.43. The van der Waals surface area contributed by atoms with Gasteiger partial charge in [-0.2, -0.15) is 0 Å². The number of aryl methyl sites for hydroxylation is 1. The number of fused-ring (bicyclic) bond motifs is 3. The number of unbranched alkanes of at least 4 members (excludes halogenated alkanes) is 1. The Labute approximate surface area is 163 Å². The van der Waals surface area contributed by atoms with Gasteiger partial charge in [0.05, 0.1) is 12.2 Å². The van der Waals surface area contributed by atoms with Crippen LogP contribution in [0.5, 0.6) is 0 Å². The summed E-state index contributed by atoms with van der Waals surface area (Å²) in [5.74, 6) is 0. The third-order valence-electron chi connectivity index (χ3n) is 3.90. The molecule has 0 aliphatic heterocycles. The van der Waals surface area contributed by atoms with Crippen LogP contribution in [-0.4, -0.2) is 9.55 Å². The molecule has 0 unspecified atom stereocenters. The Kier molecular flexibility index (Phi) is 6.10. The molecule has 3 aromatic heterocycles. The normalized spacial score (nSPS) is 10.8.